The van der Waals surface area contributed by atoms with Gasteiger partial charge in [-0.1, -0.05) is 0 Å². The SMILES string of the molecule is Cn1cc(Br)cc1C(=O)NCC[C@H](O)C(=O)O. The van der Waals surface area contributed by atoms with Gasteiger partial charge in [-0.3, -0.25) is 4.79 Å². The number of amides is 1. The molecule has 0 spiro atoms. The molecule has 0 aromatic carbocycles. The van der Waals surface area contributed by atoms with Gasteiger partial charge in [0.1, 0.15) is 5.69 Å². The zero-order valence-corrected chi connectivity index (χ0v) is 10.8. The molecule has 1 heterocycles. The molecule has 0 fully saturated rings. The number of aliphatic carboxylic acids is 1. The van der Waals surface area contributed by atoms with Crippen LogP contribution >= 0.6 is 15.9 Å². The summed E-state index contributed by atoms with van der Waals surface area (Å²) in [7, 11) is 1.73. The van der Waals surface area contributed by atoms with E-state index in [2.05, 4.69) is 21.2 Å². The van der Waals surface area contributed by atoms with E-state index in [-0.39, 0.29) is 18.9 Å². The average molecular weight is 305 g/mol. The molecule has 1 amide bonds. The van der Waals surface area contributed by atoms with Crippen molar-refractivity contribution in [3.8, 4) is 0 Å². The number of nitrogens with zero attached hydrogens (tertiary/aromatic N) is 1. The Balaban J connectivity index is 2.45. The second-order valence-corrected chi connectivity index (χ2v) is 4.47. The Morgan fingerprint density at radius 3 is 2.71 bits per heavy atom. The Kier molecular flexibility index (Phi) is 4.71. The average Bonchev–Trinajstić information content (AvgIpc) is 2.57. The molecule has 0 unspecified atom stereocenters. The Bertz CT molecular complexity index is 430. The van der Waals surface area contributed by atoms with E-state index < -0.39 is 12.1 Å². The zero-order chi connectivity index (χ0) is 13.0. The zero-order valence-electron chi connectivity index (χ0n) is 9.18. The maximum atomic E-state index is 11.6. The van der Waals surface area contributed by atoms with Crippen molar-refractivity contribution in [1.82, 2.24) is 9.88 Å². The van der Waals surface area contributed by atoms with Crippen LogP contribution in [0.15, 0.2) is 16.7 Å². The Hall–Kier alpha value is -1.34. The molecule has 3 N–H and O–H groups in total. The van der Waals surface area contributed by atoms with Crippen LogP contribution in [0.1, 0.15) is 16.9 Å². The van der Waals surface area contributed by atoms with Crippen molar-refractivity contribution in [2.24, 2.45) is 7.05 Å². The summed E-state index contributed by atoms with van der Waals surface area (Å²) in [4.78, 5) is 22.0. The summed E-state index contributed by atoms with van der Waals surface area (Å²) in [5, 5.41) is 20.0. The number of halogens is 1. The topological polar surface area (TPSA) is 91.6 Å². The molecule has 0 aliphatic heterocycles. The lowest BCUT2D eigenvalue weighted by Crippen LogP contribution is -2.30. The highest BCUT2D eigenvalue weighted by Gasteiger charge is 2.14. The summed E-state index contributed by atoms with van der Waals surface area (Å²) in [6.07, 6.45) is 0.267. The van der Waals surface area contributed by atoms with E-state index in [1.165, 1.54) is 0 Å². The van der Waals surface area contributed by atoms with E-state index in [9.17, 15) is 9.59 Å². The Morgan fingerprint density at radius 2 is 2.24 bits per heavy atom. The fraction of sp³-hybridized carbons (Fsp3) is 0.400. The monoisotopic (exact) mass is 304 g/mol. The fourth-order valence-electron chi connectivity index (χ4n) is 1.29. The van der Waals surface area contributed by atoms with Crippen molar-refractivity contribution < 1.29 is 19.8 Å². The van der Waals surface area contributed by atoms with Gasteiger partial charge in [0, 0.05) is 30.7 Å². The molecule has 0 bridgehead atoms. The third kappa shape index (κ3) is 3.86. The normalized spacial score (nSPS) is 12.2. The highest BCUT2D eigenvalue weighted by Crippen LogP contribution is 2.13. The number of rotatable bonds is 5. The smallest absolute Gasteiger partial charge is 0.332 e. The van der Waals surface area contributed by atoms with E-state index in [0.29, 0.717) is 5.69 Å². The molecular formula is C10H13BrN2O4. The van der Waals surface area contributed by atoms with Crippen LogP contribution in [-0.2, 0) is 11.8 Å². The van der Waals surface area contributed by atoms with Crippen LogP contribution in [0.3, 0.4) is 0 Å². The number of aliphatic hydroxyl groups is 1. The number of aryl methyl sites for hydroxylation is 1. The van der Waals surface area contributed by atoms with Crippen LogP contribution in [0.25, 0.3) is 0 Å². The van der Waals surface area contributed by atoms with Crippen molar-refractivity contribution in [3.05, 3.63) is 22.4 Å². The van der Waals surface area contributed by atoms with Crippen LogP contribution < -0.4 is 5.32 Å². The number of hydrogen-bond donors (Lipinski definition) is 3. The van der Waals surface area contributed by atoms with Crippen LogP contribution in [0.2, 0.25) is 0 Å². The van der Waals surface area contributed by atoms with E-state index >= 15 is 0 Å². The number of nitrogens with one attached hydrogen (secondary N) is 1. The predicted octanol–water partition coefficient (Wildman–Crippen LogP) is 0.353. The number of aliphatic hydroxyl groups excluding tert-OH is 1. The number of aromatic nitrogens is 1. The summed E-state index contributed by atoms with van der Waals surface area (Å²) in [6, 6.07) is 1.66. The van der Waals surface area contributed by atoms with Gasteiger partial charge in [-0.15, -0.1) is 0 Å². The molecule has 7 heteroatoms. The number of carboxylic acids is 1. The van der Waals surface area contributed by atoms with Gasteiger partial charge in [-0.25, -0.2) is 4.79 Å². The van der Waals surface area contributed by atoms with E-state index in [0.717, 1.165) is 4.47 Å². The van der Waals surface area contributed by atoms with Crippen molar-refractivity contribution in [2.45, 2.75) is 12.5 Å². The minimum atomic E-state index is -1.45. The van der Waals surface area contributed by atoms with Gasteiger partial charge in [0.05, 0.1) is 0 Å². The van der Waals surface area contributed by atoms with Gasteiger partial charge in [-0.2, -0.15) is 0 Å². The molecule has 1 aromatic heterocycles. The summed E-state index contributed by atoms with van der Waals surface area (Å²) >= 11 is 3.24. The number of hydrogen-bond acceptors (Lipinski definition) is 3. The molecule has 1 atom stereocenters. The third-order valence-corrected chi connectivity index (χ3v) is 2.63. The summed E-state index contributed by atoms with van der Waals surface area (Å²) in [5.41, 5.74) is 0.460. The molecule has 17 heavy (non-hydrogen) atoms. The van der Waals surface area contributed by atoms with Crippen molar-refractivity contribution in [3.63, 3.8) is 0 Å². The first-order valence-electron chi connectivity index (χ1n) is 4.92. The van der Waals surface area contributed by atoms with Crippen LogP contribution in [0.5, 0.6) is 0 Å². The number of carboxylic acid groups (broad SMARTS) is 1. The summed E-state index contributed by atoms with van der Waals surface area (Å²) < 4.78 is 2.43. The highest BCUT2D eigenvalue weighted by atomic mass is 79.9. The largest absolute Gasteiger partial charge is 0.479 e. The lowest BCUT2D eigenvalue weighted by Gasteiger charge is -2.07. The lowest BCUT2D eigenvalue weighted by atomic mass is 10.2. The fourth-order valence-corrected chi connectivity index (χ4v) is 1.81. The lowest BCUT2D eigenvalue weighted by molar-refractivity contribution is -0.146. The van der Waals surface area contributed by atoms with Crippen molar-refractivity contribution >= 4 is 27.8 Å². The van der Waals surface area contributed by atoms with Gasteiger partial charge in [0.15, 0.2) is 6.10 Å². The van der Waals surface area contributed by atoms with Crippen LogP contribution in [0.4, 0.5) is 0 Å². The second-order valence-electron chi connectivity index (χ2n) is 3.55. The van der Waals surface area contributed by atoms with Crippen molar-refractivity contribution in [2.75, 3.05) is 6.54 Å². The predicted molar refractivity (Wildman–Crippen MR) is 63.7 cm³/mol. The van der Waals surface area contributed by atoms with Crippen LogP contribution in [-0.4, -0.2) is 39.3 Å². The third-order valence-electron chi connectivity index (χ3n) is 2.19. The number of carbonyl (C=O) groups excluding carboxylic acids is 1. The molecule has 0 saturated carbocycles. The molecule has 94 valence electrons. The highest BCUT2D eigenvalue weighted by molar-refractivity contribution is 9.10. The maximum Gasteiger partial charge on any atom is 0.332 e. The summed E-state index contributed by atoms with van der Waals surface area (Å²) in [5.74, 6) is -1.60. The quantitative estimate of drug-likeness (QED) is 0.732. The Labute approximate surface area is 106 Å². The maximum absolute atomic E-state index is 11.6. The molecule has 1 rings (SSSR count). The Morgan fingerprint density at radius 1 is 1.59 bits per heavy atom. The molecule has 6 nitrogen and oxygen atoms in total. The van der Waals surface area contributed by atoms with Gasteiger partial charge in [-0.05, 0) is 22.0 Å². The standard InChI is InChI=1S/C10H13BrN2O4/c1-13-5-6(11)4-7(13)9(15)12-3-2-8(14)10(16)17/h4-5,8,14H,2-3H2,1H3,(H,12,15)(H,16,17)/t8-/m0/s1. The molecule has 0 aliphatic rings. The van der Waals surface area contributed by atoms with Gasteiger partial charge < -0.3 is 20.1 Å². The molecule has 0 radical (unpaired) electrons. The van der Waals surface area contributed by atoms with Gasteiger partial charge >= 0.3 is 5.97 Å². The molecular weight excluding hydrogens is 292 g/mol. The van der Waals surface area contributed by atoms with E-state index in [1.54, 1.807) is 23.9 Å². The molecule has 0 saturated heterocycles. The first-order valence-corrected chi connectivity index (χ1v) is 5.72. The van der Waals surface area contributed by atoms with Gasteiger partial charge in [0.25, 0.3) is 5.91 Å². The van der Waals surface area contributed by atoms with Crippen LogP contribution in [0, 0.1) is 0 Å². The minimum Gasteiger partial charge on any atom is -0.479 e. The van der Waals surface area contributed by atoms with Gasteiger partial charge in [0.2, 0.25) is 0 Å². The second kappa shape index (κ2) is 5.83. The molecule has 1 aromatic rings. The van der Waals surface area contributed by atoms with E-state index in [4.69, 9.17) is 10.2 Å². The summed E-state index contributed by atoms with van der Waals surface area (Å²) in [6.45, 7) is 0.106. The first kappa shape index (κ1) is 13.7. The van der Waals surface area contributed by atoms with E-state index in [1.807, 2.05) is 0 Å². The van der Waals surface area contributed by atoms with Crippen molar-refractivity contribution in [1.29, 1.82) is 0 Å². The molecule has 0 aliphatic carbocycles. The minimum absolute atomic E-state index is 0.0212. The number of carbonyl (C=O) groups is 2. The first-order chi connectivity index (χ1) is 7.91.